The number of rotatable bonds is 2. The number of carbonyl (C=O) groups is 1. The molecule has 3 rings (SSSR count). The molecule has 0 unspecified atom stereocenters. The van der Waals surface area contributed by atoms with Crippen LogP contribution in [0.1, 0.15) is 35.8 Å². The van der Waals surface area contributed by atoms with Crippen LogP contribution >= 0.6 is 0 Å². The van der Waals surface area contributed by atoms with Gasteiger partial charge < -0.3 is 9.42 Å². The van der Waals surface area contributed by atoms with Crippen LogP contribution in [0.25, 0.3) is 11.3 Å². The molecule has 110 valence electrons. The summed E-state index contributed by atoms with van der Waals surface area (Å²) in [5.41, 5.74) is 2.54. The fourth-order valence-corrected chi connectivity index (χ4v) is 2.60. The van der Waals surface area contributed by atoms with Crippen molar-refractivity contribution in [3.63, 3.8) is 0 Å². The summed E-state index contributed by atoms with van der Waals surface area (Å²) in [5, 5.41) is 3.94. The van der Waals surface area contributed by atoms with E-state index in [1.165, 1.54) is 5.56 Å². The molecule has 21 heavy (non-hydrogen) atoms. The standard InChI is InChI=1S/C17H20N2O2/c1-12-3-5-14(6-4-12)16-11-15(18-21-16)17(20)19-9-7-13(2)8-10-19/h3-6,11,13H,7-10H2,1-2H3. The molecular weight excluding hydrogens is 264 g/mol. The van der Waals surface area contributed by atoms with Gasteiger partial charge in [0, 0.05) is 24.7 Å². The minimum atomic E-state index is -0.0241. The Morgan fingerprint density at radius 1 is 1.24 bits per heavy atom. The Hall–Kier alpha value is -2.10. The van der Waals surface area contributed by atoms with Crippen molar-refractivity contribution < 1.29 is 9.32 Å². The number of aromatic nitrogens is 1. The predicted molar refractivity (Wildman–Crippen MR) is 81.0 cm³/mol. The zero-order valence-corrected chi connectivity index (χ0v) is 12.5. The van der Waals surface area contributed by atoms with E-state index in [4.69, 9.17) is 4.52 Å². The lowest BCUT2D eigenvalue weighted by Gasteiger charge is -2.29. The quantitative estimate of drug-likeness (QED) is 0.847. The average molecular weight is 284 g/mol. The highest BCUT2D eigenvalue weighted by Crippen LogP contribution is 2.23. The molecule has 0 spiro atoms. The SMILES string of the molecule is Cc1ccc(-c2cc(C(=O)N3CCC(C)CC3)no2)cc1. The Labute approximate surface area is 124 Å². The molecule has 1 fully saturated rings. The van der Waals surface area contributed by atoms with Crippen LogP contribution in [0.15, 0.2) is 34.9 Å². The van der Waals surface area contributed by atoms with Gasteiger partial charge in [0.05, 0.1) is 0 Å². The van der Waals surface area contributed by atoms with Crippen molar-refractivity contribution in [3.05, 3.63) is 41.6 Å². The predicted octanol–water partition coefficient (Wildman–Crippen LogP) is 3.52. The minimum absolute atomic E-state index is 0.0241. The zero-order chi connectivity index (χ0) is 14.8. The fraction of sp³-hybridized carbons (Fsp3) is 0.412. The lowest BCUT2D eigenvalue weighted by atomic mass is 9.99. The van der Waals surface area contributed by atoms with Crippen LogP contribution in [0.5, 0.6) is 0 Å². The summed E-state index contributed by atoms with van der Waals surface area (Å²) in [7, 11) is 0. The van der Waals surface area contributed by atoms with Crippen molar-refractivity contribution in [2.75, 3.05) is 13.1 Å². The molecule has 0 bridgehead atoms. The Morgan fingerprint density at radius 3 is 2.57 bits per heavy atom. The van der Waals surface area contributed by atoms with Crippen LogP contribution < -0.4 is 0 Å². The van der Waals surface area contributed by atoms with Gasteiger partial charge >= 0.3 is 0 Å². The van der Waals surface area contributed by atoms with Gasteiger partial charge in [0.1, 0.15) is 0 Å². The molecule has 1 aromatic carbocycles. The number of amides is 1. The van der Waals surface area contributed by atoms with E-state index in [0.717, 1.165) is 31.5 Å². The van der Waals surface area contributed by atoms with E-state index in [-0.39, 0.29) is 5.91 Å². The first-order valence-corrected chi connectivity index (χ1v) is 7.46. The summed E-state index contributed by atoms with van der Waals surface area (Å²) in [4.78, 5) is 14.3. The Balaban J connectivity index is 1.75. The average Bonchev–Trinajstić information content (AvgIpc) is 2.98. The van der Waals surface area contributed by atoms with Gasteiger partial charge in [0.15, 0.2) is 11.5 Å². The first-order valence-electron chi connectivity index (χ1n) is 7.46. The molecule has 4 nitrogen and oxygen atoms in total. The minimum Gasteiger partial charge on any atom is -0.355 e. The second kappa shape index (κ2) is 5.72. The fourth-order valence-electron chi connectivity index (χ4n) is 2.60. The van der Waals surface area contributed by atoms with Crippen LogP contribution in [0.4, 0.5) is 0 Å². The van der Waals surface area contributed by atoms with Gasteiger partial charge in [-0.3, -0.25) is 4.79 Å². The van der Waals surface area contributed by atoms with Gasteiger partial charge in [-0.05, 0) is 25.7 Å². The maximum absolute atomic E-state index is 12.4. The molecule has 0 saturated carbocycles. The topological polar surface area (TPSA) is 46.3 Å². The van der Waals surface area contributed by atoms with Crippen LogP contribution in [-0.2, 0) is 0 Å². The van der Waals surface area contributed by atoms with Gasteiger partial charge in [-0.2, -0.15) is 0 Å². The smallest absolute Gasteiger partial charge is 0.276 e. The van der Waals surface area contributed by atoms with Crippen LogP contribution in [0.2, 0.25) is 0 Å². The van der Waals surface area contributed by atoms with Gasteiger partial charge in [-0.1, -0.05) is 41.9 Å². The summed E-state index contributed by atoms with van der Waals surface area (Å²) in [5.74, 6) is 1.32. The normalized spacial score (nSPS) is 16.2. The first kappa shape index (κ1) is 13.9. The highest BCUT2D eigenvalue weighted by atomic mass is 16.5. The maximum atomic E-state index is 12.4. The summed E-state index contributed by atoms with van der Waals surface area (Å²) >= 11 is 0. The van der Waals surface area contributed by atoms with Crippen molar-refractivity contribution in [2.45, 2.75) is 26.7 Å². The maximum Gasteiger partial charge on any atom is 0.276 e. The monoisotopic (exact) mass is 284 g/mol. The third-order valence-electron chi connectivity index (χ3n) is 4.14. The third kappa shape index (κ3) is 2.99. The zero-order valence-electron chi connectivity index (χ0n) is 12.5. The molecule has 0 N–H and O–H groups in total. The number of hydrogen-bond acceptors (Lipinski definition) is 3. The molecule has 0 aliphatic carbocycles. The van der Waals surface area contributed by atoms with Crippen molar-refractivity contribution in [3.8, 4) is 11.3 Å². The van der Waals surface area contributed by atoms with Crippen molar-refractivity contribution >= 4 is 5.91 Å². The van der Waals surface area contributed by atoms with E-state index in [0.29, 0.717) is 17.4 Å². The molecule has 1 aromatic heterocycles. The number of piperidine rings is 1. The van der Waals surface area contributed by atoms with Gasteiger partial charge in [-0.15, -0.1) is 0 Å². The molecule has 4 heteroatoms. The number of benzene rings is 1. The molecule has 0 atom stereocenters. The van der Waals surface area contributed by atoms with E-state index in [1.807, 2.05) is 36.1 Å². The van der Waals surface area contributed by atoms with Crippen molar-refractivity contribution in [1.29, 1.82) is 0 Å². The number of nitrogens with zero attached hydrogens (tertiary/aromatic N) is 2. The van der Waals surface area contributed by atoms with E-state index in [2.05, 4.69) is 12.1 Å². The Morgan fingerprint density at radius 2 is 1.90 bits per heavy atom. The highest BCUT2D eigenvalue weighted by Gasteiger charge is 2.24. The summed E-state index contributed by atoms with van der Waals surface area (Å²) in [6.07, 6.45) is 2.13. The second-order valence-corrected chi connectivity index (χ2v) is 5.92. The van der Waals surface area contributed by atoms with Gasteiger partial charge in [0.25, 0.3) is 5.91 Å². The van der Waals surface area contributed by atoms with Crippen LogP contribution in [-0.4, -0.2) is 29.1 Å². The highest BCUT2D eigenvalue weighted by molar-refractivity contribution is 5.93. The molecule has 1 saturated heterocycles. The Bertz CT molecular complexity index is 622. The van der Waals surface area contributed by atoms with E-state index in [9.17, 15) is 4.79 Å². The van der Waals surface area contributed by atoms with Crippen LogP contribution in [0.3, 0.4) is 0 Å². The number of likely N-dealkylation sites (tertiary alicyclic amines) is 1. The molecule has 1 aliphatic rings. The molecule has 2 heterocycles. The second-order valence-electron chi connectivity index (χ2n) is 5.92. The molecule has 0 radical (unpaired) electrons. The van der Waals surface area contributed by atoms with E-state index < -0.39 is 0 Å². The summed E-state index contributed by atoms with van der Waals surface area (Å²) in [6.45, 7) is 5.89. The molecular formula is C17H20N2O2. The molecule has 2 aromatic rings. The Kier molecular flexibility index (Phi) is 3.78. The third-order valence-corrected chi connectivity index (χ3v) is 4.14. The molecule has 1 amide bonds. The summed E-state index contributed by atoms with van der Waals surface area (Å²) in [6, 6.07) is 9.74. The largest absolute Gasteiger partial charge is 0.355 e. The number of hydrogen-bond donors (Lipinski definition) is 0. The lowest BCUT2D eigenvalue weighted by molar-refractivity contribution is 0.0687. The lowest BCUT2D eigenvalue weighted by Crippen LogP contribution is -2.38. The van der Waals surface area contributed by atoms with Crippen molar-refractivity contribution in [1.82, 2.24) is 10.1 Å². The molecule has 1 aliphatic heterocycles. The summed E-state index contributed by atoms with van der Waals surface area (Å²) < 4.78 is 5.33. The number of carbonyl (C=O) groups excluding carboxylic acids is 1. The number of aryl methyl sites for hydroxylation is 1. The van der Waals surface area contributed by atoms with Gasteiger partial charge in [0.2, 0.25) is 0 Å². The van der Waals surface area contributed by atoms with E-state index in [1.54, 1.807) is 6.07 Å². The van der Waals surface area contributed by atoms with E-state index >= 15 is 0 Å². The first-order chi connectivity index (χ1) is 10.1. The van der Waals surface area contributed by atoms with Crippen LogP contribution in [0, 0.1) is 12.8 Å². The van der Waals surface area contributed by atoms with Gasteiger partial charge in [-0.25, -0.2) is 0 Å². The van der Waals surface area contributed by atoms with Crippen molar-refractivity contribution in [2.24, 2.45) is 5.92 Å².